The third-order valence-corrected chi connectivity index (χ3v) is 4.80. The Balaban J connectivity index is 3.01. The third-order valence-electron chi connectivity index (χ3n) is 4.20. The van der Waals surface area contributed by atoms with Crippen molar-refractivity contribution in [3.63, 3.8) is 0 Å². The zero-order valence-electron chi connectivity index (χ0n) is 12.9. The molecule has 0 saturated heterocycles. The third kappa shape index (κ3) is 4.65. The van der Waals surface area contributed by atoms with E-state index in [1.54, 1.807) is 0 Å². The smallest absolute Gasteiger partial charge is 0.264 e. The number of hydrogen-bond acceptors (Lipinski definition) is 4. The number of rotatable bonds is 5. The zero-order chi connectivity index (χ0) is 15.5. The lowest BCUT2D eigenvalue weighted by molar-refractivity contribution is 0.0245. The summed E-state index contributed by atoms with van der Waals surface area (Å²) in [5, 5.41) is 3.93. The van der Waals surface area contributed by atoms with Crippen molar-refractivity contribution in [2.24, 2.45) is 28.8 Å². The van der Waals surface area contributed by atoms with Gasteiger partial charge in [0, 0.05) is 11.0 Å². The fraction of sp³-hybridized carbons (Fsp3) is 1.00. The topological polar surface area (TPSA) is 92.1 Å². The van der Waals surface area contributed by atoms with Crippen LogP contribution in [0.2, 0.25) is 0 Å². The van der Waals surface area contributed by atoms with Crippen LogP contribution in [0.15, 0.2) is 5.11 Å². The molecule has 20 heavy (non-hydrogen) atoms. The fourth-order valence-electron chi connectivity index (χ4n) is 3.16. The van der Waals surface area contributed by atoms with Gasteiger partial charge < -0.3 is 0 Å². The van der Waals surface area contributed by atoms with Crippen LogP contribution < -0.4 is 0 Å². The van der Waals surface area contributed by atoms with E-state index in [2.05, 4.69) is 23.9 Å². The molecular weight excluding hydrogens is 278 g/mol. The average Bonchev–Trinajstić information content (AvgIpc) is 2.28. The molecule has 116 valence electrons. The maximum absolute atomic E-state index is 11.4. The van der Waals surface area contributed by atoms with Crippen LogP contribution in [0.5, 0.6) is 0 Å². The SMILES string of the molecule is CC(C)[C@H]1C[C@@H](N=[N+]=[N-])[C@@H](C(C)C)C[C@@H]1OS(C)(=O)=O. The number of nitrogens with zero attached hydrogens (tertiary/aromatic N) is 3. The van der Waals surface area contributed by atoms with E-state index in [0.717, 1.165) is 6.26 Å². The lowest BCUT2D eigenvalue weighted by Gasteiger charge is -2.42. The monoisotopic (exact) mass is 303 g/mol. The second kappa shape index (κ2) is 6.78. The molecule has 1 fully saturated rings. The average molecular weight is 303 g/mol. The minimum absolute atomic E-state index is 0.0770. The maximum atomic E-state index is 11.4. The van der Waals surface area contributed by atoms with Gasteiger partial charge in [0.25, 0.3) is 10.1 Å². The van der Waals surface area contributed by atoms with Gasteiger partial charge in [-0.2, -0.15) is 8.42 Å². The summed E-state index contributed by atoms with van der Waals surface area (Å²) in [6.07, 6.45) is 2.08. The number of hydrogen-bond donors (Lipinski definition) is 0. The normalized spacial score (nSPS) is 31.4. The molecule has 4 atom stereocenters. The summed E-state index contributed by atoms with van der Waals surface area (Å²) >= 11 is 0. The highest BCUT2D eigenvalue weighted by molar-refractivity contribution is 7.86. The molecule has 0 bridgehead atoms. The number of azide groups is 1. The predicted octanol–water partition coefficient (Wildman–Crippen LogP) is 3.35. The molecule has 0 amide bonds. The van der Waals surface area contributed by atoms with E-state index in [4.69, 9.17) is 9.71 Å². The first-order chi connectivity index (χ1) is 9.15. The molecule has 1 rings (SSSR count). The Bertz CT molecular complexity index is 469. The van der Waals surface area contributed by atoms with Crippen molar-refractivity contribution in [3.05, 3.63) is 10.4 Å². The van der Waals surface area contributed by atoms with Crippen molar-refractivity contribution in [1.29, 1.82) is 0 Å². The highest BCUT2D eigenvalue weighted by Gasteiger charge is 2.41. The van der Waals surface area contributed by atoms with Gasteiger partial charge in [0.15, 0.2) is 0 Å². The second-order valence-corrected chi connectivity index (χ2v) is 8.00. The Morgan fingerprint density at radius 2 is 1.70 bits per heavy atom. The second-order valence-electron chi connectivity index (χ2n) is 6.40. The Labute approximate surface area is 121 Å². The van der Waals surface area contributed by atoms with Gasteiger partial charge in [-0.1, -0.05) is 32.8 Å². The molecule has 0 aromatic rings. The van der Waals surface area contributed by atoms with Gasteiger partial charge in [0.1, 0.15) is 0 Å². The van der Waals surface area contributed by atoms with Crippen LogP contribution in [0.1, 0.15) is 40.5 Å². The molecule has 1 saturated carbocycles. The lowest BCUT2D eigenvalue weighted by Crippen LogP contribution is -2.43. The first-order valence-electron chi connectivity index (χ1n) is 7.08. The summed E-state index contributed by atoms with van der Waals surface area (Å²) in [6, 6.07) is -0.0770. The minimum Gasteiger partial charge on any atom is -0.267 e. The predicted molar refractivity (Wildman–Crippen MR) is 78.5 cm³/mol. The summed E-state index contributed by atoms with van der Waals surface area (Å²) in [5.41, 5.74) is 8.73. The van der Waals surface area contributed by atoms with Gasteiger partial charge in [-0.15, -0.1) is 0 Å². The van der Waals surface area contributed by atoms with Crippen molar-refractivity contribution >= 4 is 10.1 Å². The summed E-state index contributed by atoms with van der Waals surface area (Å²) in [5.74, 6) is 0.860. The van der Waals surface area contributed by atoms with E-state index in [1.807, 2.05) is 13.8 Å². The van der Waals surface area contributed by atoms with Crippen LogP contribution in [-0.4, -0.2) is 26.8 Å². The van der Waals surface area contributed by atoms with Crippen molar-refractivity contribution < 1.29 is 12.6 Å². The Kier molecular flexibility index (Phi) is 5.86. The maximum Gasteiger partial charge on any atom is 0.264 e. The van der Waals surface area contributed by atoms with Crippen LogP contribution in [0.3, 0.4) is 0 Å². The van der Waals surface area contributed by atoms with Crippen molar-refractivity contribution in [2.75, 3.05) is 6.26 Å². The molecule has 0 spiro atoms. The van der Waals surface area contributed by atoms with Gasteiger partial charge in [-0.05, 0) is 42.0 Å². The Morgan fingerprint density at radius 1 is 1.15 bits per heavy atom. The van der Waals surface area contributed by atoms with E-state index in [9.17, 15) is 8.42 Å². The molecule has 1 aliphatic carbocycles. The van der Waals surface area contributed by atoms with Crippen LogP contribution in [0, 0.1) is 23.7 Å². The van der Waals surface area contributed by atoms with E-state index in [1.165, 1.54) is 0 Å². The standard InChI is InChI=1S/C13H25N3O3S/c1-8(2)10-7-13(19-20(5,17)18)11(9(3)4)6-12(10)15-16-14/h8-13H,6-7H2,1-5H3/t10-,11-,12-,13+/m1/s1. The lowest BCUT2D eigenvalue weighted by atomic mass is 9.69. The molecule has 0 unspecified atom stereocenters. The van der Waals surface area contributed by atoms with Crippen molar-refractivity contribution in [3.8, 4) is 0 Å². The van der Waals surface area contributed by atoms with Crippen LogP contribution in [0.4, 0.5) is 0 Å². The van der Waals surface area contributed by atoms with Crippen molar-refractivity contribution in [1.82, 2.24) is 0 Å². The summed E-state index contributed by atoms with van der Waals surface area (Å²) < 4.78 is 28.2. The molecular formula is C13H25N3O3S. The minimum atomic E-state index is -3.47. The van der Waals surface area contributed by atoms with E-state index >= 15 is 0 Å². The van der Waals surface area contributed by atoms with Crippen LogP contribution >= 0.6 is 0 Å². The van der Waals surface area contributed by atoms with E-state index in [0.29, 0.717) is 18.8 Å². The van der Waals surface area contributed by atoms with Gasteiger partial charge >= 0.3 is 0 Å². The summed E-state index contributed by atoms with van der Waals surface area (Å²) in [6.45, 7) is 8.23. The Morgan fingerprint density at radius 3 is 2.10 bits per heavy atom. The highest BCUT2D eigenvalue weighted by atomic mass is 32.2. The zero-order valence-corrected chi connectivity index (χ0v) is 13.7. The molecule has 0 heterocycles. The summed E-state index contributed by atoms with van der Waals surface area (Å²) in [4.78, 5) is 2.95. The van der Waals surface area contributed by atoms with Crippen LogP contribution in [0.25, 0.3) is 10.4 Å². The molecule has 6 nitrogen and oxygen atoms in total. The molecule has 0 aromatic carbocycles. The summed E-state index contributed by atoms with van der Waals surface area (Å²) in [7, 11) is -3.47. The molecule has 0 radical (unpaired) electrons. The molecule has 0 N–H and O–H groups in total. The molecule has 0 aromatic heterocycles. The van der Waals surface area contributed by atoms with Gasteiger partial charge in [-0.3, -0.25) is 4.18 Å². The van der Waals surface area contributed by atoms with Gasteiger partial charge in [0.05, 0.1) is 12.4 Å². The fourth-order valence-corrected chi connectivity index (χ4v) is 3.83. The first kappa shape index (κ1) is 17.3. The molecule has 7 heteroatoms. The van der Waals surface area contributed by atoms with Gasteiger partial charge in [0.2, 0.25) is 0 Å². The Hall–Kier alpha value is -0.780. The van der Waals surface area contributed by atoms with Crippen molar-refractivity contribution in [2.45, 2.75) is 52.7 Å². The molecule has 0 aliphatic heterocycles. The van der Waals surface area contributed by atoms with E-state index in [-0.39, 0.29) is 29.9 Å². The largest absolute Gasteiger partial charge is 0.267 e. The quantitative estimate of drug-likeness (QED) is 0.337. The molecule has 1 aliphatic rings. The first-order valence-corrected chi connectivity index (χ1v) is 8.89. The highest BCUT2D eigenvalue weighted by Crippen LogP contribution is 2.40. The van der Waals surface area contributed by atoms with E-state index < -0.39 is 10.1 Å². The van der Waals surface area contributed by atoms with Gasteiger partial charge in [-0.25, -0.2) is 0 Å². The van der Waals surface area contributed by atoms with Crippen LogP contribution in [-0.2, 0) is 14.3 Å².